The van der Waals surface area contributed by atoms with Crippen LogP contribution in [0.4, 0.5) is 0 Å². The molecule has 0 aromatic heterocycles. The van der Waals surface area contributed by atoms with Crippen LogP contribution >= 0.6 is 0 Å². The number of nitrogens with two attached hydrogens (primary N) is 1. The van der Waals surface area contributed by atoms with Crippen molar-refractivity contribution in [3.05, 3.63) is 34.9 Å². The zero-order valence-corrected chi connectivity index (χ0v) is 12.7. The van der Waals surface area contributed by atoms with Gasteiger partial charge < -0.3 is 15.8 Å². The van der Waals surface area contributed by atoms with Crippen LogP contribution in [0.1, 0.15) is 42.0 Å². The summed E-state index contributed by atoms with van der Waals surface area (Å²) in [6, 6.07) is 6.65. The lowest BCUT2D eigenvalue weighted by molar-refractivity contribution is -0.136. The highest BCUT2D eigenvalue weighted by molar-refractivity contribution is 5.83. The molecule has 1 aliphatic heterocycles. The predicted molar refractivity (Wildman–Crippen MR) is 81.9 cm³/mol. The van der Waals surface area contributed by atoms with Crippen LogP contribution < -0.4 is 11.1 Å². The van der Waals surface area contributed by atoms with Crippen LogP contribution in [0.2, 0.25) is 0 Å². The van der Waals surface area contributed by atoms with Crippen LogP contribution in [0.25, 0.3) is 0 Å². The Morgan fingerprint density at radius 2 is 2.19 bits per heavy atom. The highest BCUT2D eigenvalue weighted by Gasteiger charge is 2.40. The van der Waals surface area contributed by atoms with Crippen molar-refractivity contribution < 1.29 is 9.53 Å². The van der Waals surface area contributed by atoms with Crippen molar-refractivity contribution in [3.8, 4) is 0 Å². The first-order valence-corrected chi connectivity index (χ1v) is 7.83. The molecule has 0 bridgehead atoms. The van der Waals surface area contributed by atoms with Gasteiger partial charge in [0.05, 0.1) is 11.5 Å². The Morgan fingerprint density at radius 3 is 2.90 bits per heavy atom. The van der Waals surface area contributed by atoms with Crippen molar-refractivity contribution in [2.75, 3.05) is 19.8 Å². The topological polar surface area (TPSA) is 64.4 Å². The number of hydrogen-bond acceptors (Lipinski definition) is 3. The van der Waals surface area contributed by atoms with Gasteiger partial charge >= 0.3 is 0 Å². The summed E-state index contributed by atoms with van der Waals surface area (Å²) < 4.78 is 5.38. The van der Waals surface area contributed by atoms with Gasteiger partial charge in [-0.25, -0.2) is 0 Å². The molecule has 1 heterocycles. The molecule has 1 unspecified atom stereocenters. The smallest absolute Gasteiger partial charge is 0.228 e. The average Bonchev–Trinajstić information content (AvgIpc) is 2.90. The van der Waals surface area contributed by atoms with Gasteiger partial charge in [0.1, 0.15) is 0 Å². The molecule has 4 nitrogen and oxygen atoms in total. The van der Waals surface area contributed by atoms with Crippen LogP contribution in [-0.4, -0.2) is 25.7 Å². The number of fused-ring (bicyclic) bond motifs is 1. The third-order valence-corrected chi connectivity index (χ3v) is 5.00. The fourth-order valence-corrected chi connectivity index (χ4v) is 3.49. The van der Waals surface area contributed by atoms with E-state index in [4.69, 9.17) is 10.5 Å². The quantitative estimate of drug-likeness (QED) is 0.892. The molecule has 0 radical (unpaired) electrons. The van der Waals surface area contributed by atoms with Crippen LogP contribution in [0.5, 0.6) is 0 Å². The first-order valence-electron chi connectivity index (χ1n) is 7.83. The number of ether oxygens (including phenoxy) is 1. The Labute approximate surface area is 126 Å². The molecule has 3 rings (SSSR count). The van der Waals surface area contributed by atoms with E-state index in [-0.39, 0.29) is 11.9 Å². The molecule has 21 heavy (non-hydrogen) atoms. The van der Waals surface area contributed by atoms with Crippen molar-refractivity contribution in [1.82, 2.24) is 5.32 Å². The number of aryl methyl sites for hydroxylation is 2. The Morgan fingerprint density at radius 1 is 1.43 bits per heavy atom. The lowest BCUT2D eigenvalue weighted by atomic mass is 9.79. The zero-order chi connectivity index (χ0) is 14.9. The summed E-state index contributed by atoms with van der Waals surface area (Å²) in [6.45, 7) is 3.77. The third kappa shape index (κ3) is 2.70. The van der Waals surface area contributed by atoms with Gasteiger partial charge in [0, 0.05) is 19.8 Å². The Kier molecular flexibility index (Phi) is 4.00. The molecule has 1 amide bonds. The molecule has 2 aliphatic rings. The summed E-state index contributed by atoms with van der Waals surface area (Å²) in [4.78, 5) is 12.7. The first kappa shape index (κ1) is 14.5. The van der Waals surface area contributed by atoms with E-state index in [0.29, 0.717) is 19.8 Å². The van der Waals surface area contributed by atoms with Crippen molar-refractivity contribution in [2.45, 2.75) is 38.6 Å². The molecule has 0 spiro atoms. The molecular formula is C17H24N2O2. The molecule has 3 N–H and O–H groups in total. The van der Waals surface area contributed by atoms with E-state index in [0.717, 1.165) is 25.7 Å². The summed E-state index contributed by atoms with van der Waals surface area (Å²) in [5.41, 5.74) is 9.39. The first-order chi connectivity index (χ1) is 10.1. The SMILES string of the molecule is Cc1ccc2c(c1)CCC2NC(=O)C1(CN)CCOCC1. The van der Waals surface area contributed by atoms with Gasteiger partial charge in [-0.3, -0.25) is 4.79 Å². The Bertz CT molecular complexity index is 536. The van der Waals surface area contributed by atoms with E-state index in [2.05, 4.69) is 30.4 Å². The molecule has 1 aliphatic carbocycles. The largest absolute Gasteiger partial charge is 0.381 e. The van der Waals surface area contributed by atoms with E-state index >= 15 is 0 Å². The second kappa shape index (κ2) is 5.78. The molecule has 114 valence electrons. The molecule has 4 heteroatoms. The van der Waals surface area contributed by atoms with E-state index < -0.39 is 5.41 Å². The minimum atomic E-state index is -0.439. The van der Waals surface area contributed by atoms with Crippen molar-refractivity contribution in [1.29, 1.82) is 0 Å². The Balaban J connectivity index is 1.74. The van der Waals surface area contributed by atoms with Gasteiger partial charge in [0.2, 0.25) is 5.91 Å². The van der Waals surface area contributed by atoms with Crippen LogP contribution in [0.15, 0.2) is 18.2 Å². The normalized spacial score (nSPS) is 23.6. The van der Waals surface area contributed by atoms with E-state index in [1.54, 1.807) is 0 Å². The minimum absolute atomic E-state index is 0.103. The number of benzene rings is 1. The van der Waals surface area contributed by atoms with Crippen molar-refractivity contribution in [3.63, 3.8) is 0 Å². The summed E-state index contributed by atoms with van der Waals surface area (Å²) in [5.74, 6) is 0.103. The fourth-order valence-electron chi connectivity index (χ4n) is 3.49. The summed E-state index contributed by atoms with van der Waals surface area (Å²) in [5, 5.41) is 3.24. The number of nitrogens with one attached hydrogen (secondary N) is 1. The van der Waals surface area contributed by atoms with Crippen molar-refractivity contribution >= 4 is 5.91 Å². The second-order valence-corrected chi connectivity index (χ2v) is 6.36. The lowest BCUT2D eigenvalue weighted by Gasteiger charge is -2.35. The van der Waals surface area contributed by atoms with Gasteiger partial charge in [0.15, 0.2) is 0 Å². The number of hydrogen-bond donors (Lipinski definition) is 2. The maximum atomic E-state index is 12.7. The summed E-state index contributed by atoms with van der Waals surface area (Å²) in [6.07, 6.45) is 3.48. The molecule has 1 atom stereocenters. The predicted octanol–water partition coefficient (Wildman–Crippen LogP) is 1.85. The molecule has 1 aromatic rings. The molecule has 0 saturated carbocycles. The standard InChI is InChI=1S/C17H24N2O2/c1-12-2-4-14-13(10-12)3-5-15(14)19-16(20)17(11-18)6-8-21-9-7-17/h2,4,10,15H,3,5-9,11,18H2,1H3,(H,19,20). The number of carbonyl (C=O) groups is 1. The number of amides is 1. The maximum Gasteiger partial charge on any atom is 0.228 e. The number of rotatable bonds is 3. The third-order valence-electron chi connectivity index (χ3n) is 5.00. The van der Waals surface area contributed by atoms with Crippen molar-refractivity contribution in [2.24, 2.45) is 11.1 Å². The summed E-state index contributed by atoms with van der Waals surface area (Å²) >= 11 is 0. The summed E-state index contributed by atoms with van der Waals surface area (Å²) in [7, 11) is 0. The van der Waals surface area contributed by atoms with Crippen LogP contribution in [0.3, 0.4) is 0 Å². The van der Waals surface area contributed by atoms with Gasteiger partial charge in [-0.05, 0) is 43.7 Å². The molecule has 1 aromatic carbocycles. The van der Waals surface area contributed by atoms with E-state index in [9.17, 15) is 4.79 Å². The highest BCUT2D eigenvalue weighted by atomic mass is 16.5. The van der Waals surface area contributed by atoms with Gasteiger partial charge in [-0.2, -0.15) is 0 Å². The lowest BCUT2D eigenvalue weighted by Crippen LogP contribution is -2.49. The van der Waals surface area contributed by atoms with Gasteiger partial charge in [-0.1, -0.05) is 23.8 Å². The van der Waals surface area contributed by atoms with Gasteiger partial charge in [0.25, 0.3) is 0 Å². The number of carbonyl (C=O) groups excluding carboxylic acids is 1. The van der Waals surface area contributed by atoms with E-state index in [1.165, 1.54) is 16.7 Å². The minimum Gasteiger partial charge on any atom is -0.381 e. The Hall–Kier alpha value is -1.39. The zero-order valence-electron chi connectivity index (χ0n) is 12.7. The maximum absolute atomic E-state index is 12.7. The molecule has 1 fully saturated rings. The fraction of sp³-hybridized carbons (Fsp3) is 0.588. The van der Waals surface area contributed by atoms with Crippen LogP contribution in [0, 0.1) is 12.3 Å². The molecule has 1 saturated heterocycles. The monoisotopic (exact) mass is 288 g/mol. The van der Waals surface area contributed by atoms with E-state index in [1.807, 2.05) is 0 Å². The average molecular weight is 288 g/mol. The highest BCUT2D eigenvalue weighted by Crippen LogP contribution is 2.35. The van der Waals surface area contributed by atoms with Crippen LogP contribution in [-0.2, 0) is 16.0 Å². The van der Waals surface area contributed by atoms with Gasteiger partial charge in [-0.15, -0.1) is 0 Å². The molecular weight excluding hydrogens is 264 g/mol. The second-order valence-electron chi connectivity index (χ2n) is 6.36.